The molecule has 2 heteroatoms. The minimum Gasteiger partial charge on any atom is -0.0812 e. The standard InChI is InChI=1S/C8H8I2/c9-5-7-1-2-8(6-10)4-3-7/h1-4H,5-6H2. The molecule has 54 valence electrons. The highest BCUT2D eigenvalue weighted by molar-refractivity contribution is 14.1. The van der Waals surface area contributed by atoms with Gasteiger partial charge in [0.1, 0.15) is 0 Å². The van der Waals surface area contributed by atoms with E-state index < -0.39 is 0 Å². The summed E-state index contributed by atoms with van der Waals surface area (Å²) in [6.45, 7) is 0. The molecule has 0 aromatic heterocycles. The lowest BCUT2D eigenvalue weighted by Gasteiger charge is -1.96. The van der Waals surface area contributed by atoms with Crippen LogP contribution in [0.25, 0.3) is 0 Å². The van der Waals surface area contributed by atoms with Gasteiger partial charge in [0.05, 0.1) is 0 Å². The van der Waals surface area contributed by atoms with Crippen LogP contribution in [-0.4, -0.2) is 0 Å². The maximum Gasteiger partial charge on any atom is 0.0247 e. The van der Waals surface area contributed by atoms with Crippen molar-refractivity contribution in [1.29, 1.82) is 0 Å². The van der Waals surface area contributed by atoms with E-state index >= 15 is 0 Å². The van der Waals surface area contributed by atoms with E-state index in [2.05, 4.69) is 69.4 Å². The Bertz CT molecular complexity index is 168. The zero-order valence-corrected chi connectivity index (χ0v) is 9.79. The van der Waals surface area contributed by atoms with Gasteiger partial charge in [0.25, 0.3) is 0 Å². The van der Waals surface area contributed by atoms with Crippen LogP contribution >= 0.6 is 45.2 Å². The second kappa shape index (κ2) is 4.54. The smallest absolute Gasteiger partial charge is 0.0247 e. The largest absolute Gasteiger partial charge is 0.0812 e. The van der Waals surface area contributed by atoms with Crippen LogP contribution in [0.4, 0.5) is 0 Å². The first-order chi connectivity index (χ1) is 4.86. The Balaban J connectivity index is 2.80. The number of alkyl halides is 2. The molecule has 0 bridgehead atoms. The summed E-state index contributed by atoms with van der Waals surface area (Å²) in [5.41, 5.74) is 2.82. The summed E-state index contributed by atoms with van der Waals surface area (Å²) < 4.78 is 2.22. The van der Waals surface area contributed by atoms with Crippen molar-refractivity contribution in [3.05, 3.63) is 35.4 Å². The minimum atomic E-state index is 1.11. The predicted molar refractivity (Wildman–Crippen MR) is 61.9 cm³/mol. The number of rotatable bonds is 2. The van der Waals surface area contributed by atoms with Gasteiger partial charge in [-0.2, -0.15) is 0 Å². The zero-order chi connectivity index (χ0) is 7.40. The summed E-state index contributed by atoms with van der Waals surface area (Å²) in [7, 11) is 0. The molecule has 0 radical (unpaired) electrons. The molecule has 0 heterocycles. The van der Waals surface area contributed by atoms with Crippen molar-refractivity contribution in [2.24, 2.45) is 0 Å². The molecule has 0 unspecified atom stereocenters. The van der Waals surface area contributed by atoms with Crippen LogP contribution in [0.5, 0.6) is 0 Å². The molecule has 0 aliphatic rings. The Morgan fingerprint density at radius 1 is 0.800 bits per heavy atom. The maximum absolute atomic E-state index is 2.38. The molecule has 0 fully saturated rings. The fourth-order valence-electron chi connectivity index (χ4n) is 0.717. The number of benzene rings is 1. The molecule has 10 heavy (non-hydrogen) atoms. The van der Waals surface area contributed by atoms with Gasteiger partial charge in [0.15, 0.2) is 0 Å². The van der Waals surface area contributed by atoms with E-state index in [1.807, 2.05) is 0 Å². The number of hydrogen-bond donors (Lipinski definition) is 0. The monoisotopic (exact) mass is 358 g/mol. The highest BCUT2D eigenvalue weighted by Crippen LogP contribution is 2.10. The van der Waals surface area contributed by atoms with E-state index in [-0.39, 0.29) is 0 Å². The fourth-order valence-corrected chi connectivity index (χ4v) is 1.73. The Kier molecular flexibility index (Phi) is 3.98. The van der Waals surface area contributed by atoms with Gasteiger partial charge in [0, 0.05) is 8.86 Å². The van der Waals surface area contributed by atoms with E-state index in [4.69, 9.17) is 0 Å². The number of hydrogen-bond acceptors (Lipinski definition) is 0. The van der Waals surface area contributed by atoms with Gasteiger partial charge in [0.2, 0.25) is 0 Å². The van der Waals surface area contributed by atoms with Crippen molar-refractivity contribution in [1.82, 2.24) is 0 Å². The van der Waals surface area contributed by atoms with Crippen LogP contribution in [0.1, 0.15) is 11.1 Å². The Labute approximate surface area is 88.7 Å². The third-order valence-corrected chi connectivity index (χ3v) is 3.09. The van der Waals surface area contributed by atoms with Gasteiger partial charge in [-0.3, -0.25) is 0 Å². The summed E-state index contributed by atoms with van der Waals surface area (Å²) >= 11 is 4.75. The summed E-state index contributed by atoms with van der Waals surface area (Å²) in [4.78, 5) is 0. The third-order valence-electron chi connectivity index (χ3n) is 1.33. The van der Waals surface area contributed by atoms with Crippen molar-refractivity contribution in [3.8, 4) is 0 Å². The third kappa shape index (κ3) is 2.38. The van der Waals surface area contributed by atoms with Crippen LogP contribution < -0.4 is 0 Å². The first kappa shape index (κ1) is 8.77. The van der Waals surface area contributed by atoms with Crippen LogP contribution in [0.3, 0.4) is 0 Å². The molecule has 0 saturated heterocycles. The van der Waals surface area contributed by atoms with Gasteiger partial charge in [-0.1, -0.05) is 69.4 Å². The molecule has 0 atom stereocenters. The van der Waals surface area contributed by atoms with E-state index in [9.17, 15) is 0 Å². The molecule has 1 rings (SSSR count). The van der Waals surface area contributed by atoms with E-state index in [0.717, 1.165) is 8.86 Å². The summed E-state index contributed by atoms with van der Waals surface area (Å²) in [5, 5.41) is 0. The molecular weight excluding hydrogens is 350 g/mol. The second-order valence-electron chi connectivity index (χ2n) is 2.08. The lowest BCUT2D eigenvalue weighted by molar-refractivity contribution is 1.38. The summed E-state index contributed by atoms with van der Waals surface area (Å²) in [6.07, 6.45) is 0. The predicted octanol–water partition coefficient (Wildman–Crippen LogP) is 3.56. The van der Waals surface area contributed by atoms with Gasteiger partial charge in [-0.25, -0.2) is 0 Å². The average Bonchev–Trinajstić information content (AvgIpc) is 2.05. The van der Waals surface area contributed by atoms with Gasteiger partial charge >= 0.3 is 0 Å². The highest BCUT2D eigenvalue weighted by Gasteiger charge is 1.89. The van der Waals surface area contributed by atoms with E-state index in [1.54, 1.807) is 0 Å². The number of halogens is 2. The second-order valence-corrected chi connectivity index (χ2v) is 3.61. The van der Waals surface area contributed by atoms with Crippen LogP contribution in [-0.2, 0) is 8.86 Å². The molecule has 0 aliphatic heterocycles. The molecule has 0 aliphatic carbocycles. The van der Waals surface area contributed by atoms with Crippen LogP contribution in [0, 0.1) is 0 Å². The molecule has 0 saturated carbocycles. The van der Waals surface area contributed by atoms with Gasteiger partial charge in [-0.15, -0.1) is 0 Å². The lowest BCUT2D eigenvalue weighted by Crippen LogP contribution is -1.78. The topological polar surface area (TPSA) is 0 Å². The van der Waals surface area contributed by atoms with Crippen LogP contribution in [0.2, 0.25) is 0 Å². The fraction of sp³-hybridized carbons (Fsp3) is 0.250. The Morgan fingerprint density at radius 2 is 1.10 bits per heavy atom. The quantitative estimate of drug-likeness (QED) is 0.561. The van der Waals surface area contributed by atoms with E-state index in [0.29, 0.717) is 0 Å². The molecule has 0 amide bonds. The summed E-state index contributed by atoms with van der Waals surface area (Å²) in [6, 6.07) is 8.78. The highest BCUT2D eigenvalue weighted by atomic mass is 127. The molecule has 0 spiro atoms. The average molecular weight is 358 g/mol. The molecule has 0 nitrogen and oxygen atoms in total. The van der Waals surface area contributed by atoms with Crippen molar-refractivity contribution >= 4 is 45.2 Å². The summed E-state index contributed by atoms with van der Waals surface area (Å²) in [5.74, 6) is 0. The van der Waals surface area contributed by atoms with E-state index in [1.165, 1.54) is 11.1 Å². The molecule has 1 aromatic rings. The van der Waals surface area contributed by atoms with Gasteiger partial charge in [-0.05, 0) is 11.1 Å². The van der Waals surface area contributed by atoms with Crippen LogP contribution in [0.15, 0.2) is 24.3 Å². The zero-order valence-electron chi connectivity index (χ0n) is 5.48. The maximum atomic E-state index is 2.38. The van der Waals surface area contributed by atoms with Gasteiger partial charge < -0.3 is 0 Å². The minimum absolute atomic E-state index is 1.11. The SMILES string of the molecule is ICc1ccc(CI)cc1. The normalized spacial score (nSPS) is 9.80. The van der Waals surface area contributed by atoms with Crippen molar-refractivity contribution < 1.29 is 0 Å². The molecule has 0 N–H and O–H groups in total. The first-order valence-corrected chi connectivity index (χ1v) is 6.11. The molecule has 1 aromatic carbocycles. The van der Waals surface area contributed by atoms with Crippen molar-refractivity contribution in [2.45, 2.75) is 8.86 Å². The Morgan fingerprint density at radius 3 is 1.30 bits per heavy atom. The van der Waals surface area contributed by atoms with Crippen molar-refractivity contribution in [3.63, 3.8) is 0 Å². The Hall–Kier alpha value is 0.680. The lowest BCUT2D eigenvalue weighted by atomic mass is 10.2. The van der Waals surface area contributed by atoms with Crippen molar-refractivity contribution in [2.75, 3.05) is 0 Å². The molecular formula is C8H8I2. The first-order valence-electron chi connectivity index (χ1n) is 3.06.